The monoisotopic (exact) mass is 419 g/mol. The molecule has 1 N–H and O–H groups in total. The Labute approximate surface area is 178 Å². The smallest absolute Gasteiger partial charge is 0.166 e. The number of hydrogen-bond acceptors (Lipinski definition) is 7. The molecule has 9 heteroatoms. The van der Waals surface area contributed by atoms with Crippen molar-refractivity contribution in [1.29, 1.82) is 0 Å². The summed E-state index contributed by atoms with van der Waals surface area (Å²) >= 11 is 0. The predicted molar refractivity (Wildman–Crippen MR) is 117 cm³/mol. The lowest BCUT2D eigenvalue weighted by molar-refractivity contribution is 0.312. The molecule has 0 saturated carbocycles. The van der Waals surface area contributed by atoms with Crippen LogP contribution in [-0.2, 0) is 0 Å². The number of H-pyrrole nitrogens is 1. The normalized spacial score (nSPS) is 14.9. The summed E-state index contributed by atoms with van der Waals surface area (Å²) in [4.78, 5) is 18.1. The van der Waals surface area contributed by atoms with Crippen LogP contribution in [0.3, 0.4) is 0 Å². The van der Waals surface area contributed by atoms with Crippen LogP contribution < -0.4 is 9.64 Å². The Balaban J connectivity index is 1.56. The van der Waals surface area contributed by atoms with Gasteiger partial charge >= 0.3 is 0 Å². The average molecular weight is 419 g/mol. The summed E-state index contributed by atoms with van der Waals surface area (Å²) in [6.45, 7) is 3.85. The van der Waals surface area contributed by atoms with Crippen LogP contribution in [0.2, 0.25) is 0 Å². The lowest BCUT2D eigenvalue weighted by Crippen LogP contribution is -2.44. The van der Waals surface area contributed by atoms with Gasteiger partial charge in [0.2, 0.25) is 0 Å². The number of pyridine rings is 1. The Morgan fingerprint density at radius 1 is 1.10 bits per heavy atom. The molecule has 0 spiro atoms. The zero-order valence-corrected chi connectivity index (χ0v) is 17.3. The Morgan fingerprint density at radius 2 is 1.94 bits per heavy atom. The van der Waals surface area contributed by atoms with Crippen LogP contribution in [-0.4, -0.2) is 70.4 Å². The van der Waals surface area contributed by atoms with Gasteiger partial charge in [-0.05, 0) is 31.3 Å². The van der Waals surface area contributed by atoms with Gasteiger partial charge in [-0.3, -0.25) is 5.10 Å². The van der Waals surface area contributed by atoms with Crippen molar-refractivity contribution in [3.05, 3.63) is 48.5 Å². The van der Waals surface area contributed by atoms with Crippen molar-refractivity contribution in [2.24, 2.45) is 0 Å². The second kappa shape index (κ2) is 7.92. The first kappa shape index (κ1) is 19.4. The Bertz CT molecular complexity index is 1230. The molecule has 1 aliphatic heterocycles. The molecular weight excluding hydrogens is 397 g/mol. The van der Waals surface area contributed by atoms with Crippen LogP contribution >= 0.6 is 0 Å². The highest BCUT2D eigenvalue weighted by Gasteiger charge is 2.19. The molecule has 0 amide bonds. The minimum atomic E-state index is -0.440. The number of aromatic amines is 1. The molecule has 4 aromatic rings. The zero-order valence-electron chi connectivity index (χ0n) is 17.3. The molecule has 3 aromatic heterocycles. The standard InChI is InChI=1S/C22H22FN7O/c1-29-8-10-30(11-9-29)18-12-14(6-7-24-18)20-21-16(27-28-20)13-25-22(26-21)19-15(23)4-3-5-17(19)31-2/h3-7,12-13H,8-11H2,1-2H3,(H,27,28). The SMILES string of the molecule is COc1cccc(F)c1-c1ncc2[nH]nc(-c3ccnc(N4CCN(C)CC4)c3)c2n1. The number of likely N-dealkylation sites (N-methyl/N-ethyl adjacent to an activating group) is 1. The number of methoxy groups -OCH3 is 1. The van der Waals surface area contributed by atoms with E-state index in [0.29, 0.717) is 22.5 Å². The maximum Gasteiger partial charge on any atom is 0.166 e. The third-order valence-corrected chi connectivity index (χ3v) is 5.57. The van der Waals surface area contributed by atoms with E-state index in [9.17, 15) is 4.39 Å². The Kier molecular flexibility index (Phi) is 4.95. The molecule has 31 heavy (non-hydrogen) atoms. The van der Waals surface area contributed by atoms with E-state index in [-0.39, 0.29) is 11.4 Å². The van der Waals surface area contributed by atoms with Gasteiger partial charge in [-0.25, -0.2) is 19.3 Å². The van der Waals surface area contributed by atoms with E-state index in [2.05, 4.69) is 42.0 Å². The maximum atomic E-state index is 14.6. The number of piperazine rings is 1. The van der Waals surface area contributed by atoms with Crippen LogP contribution in [0.15, 0.2) is 42.7 Å². The number of ether oxygens (including phenoxy) is 1. The number of halogens is 1. The van der Waals surface area contributed by atoms with Crippen LogP contribution in [0.1, 0.15) is 0 Å². The molecule has 1 fully saturated rings. The minimum Gasteiger partial charge on any atom is -0.496 e. The summed E-state index contributed by atoms with van der Waals surface area (Å²) < 4.78 is 19.9. The van der Waals surface area contributed by atoms with Crippen LogP contribution in [0.5, 0.6) is 5.75 Å². The third-order valence-electron chi connectivity index (χ3n) is 5.57. The van der Waals surface area contributed by atoms with Gasteiger partial charge < -0.3 is 14.5 Å². The number of fused-ring (bicyclic) bond motifs is 1. The summed E-state index contributed by atoms with van der Waals surface area (Å²) in [5, 5.41) is 7.43. The first-order chi connectivity index (χ1) is 15.1. The number of hydrogen-bond donors (Lipinski definition) is 1. The molecule has 5 rings (SSSR count). The van der Waals surface area contributed by atoms with Crippen molar-refractivity contribution < 1.29 is 9.13 Å². The third kappa shape index (κ3) is 3.57. The van der Waals surface area contributed by atoms with Gasteiger partial charge in [0, 0.05) is 37.9 Å². The van der Waals surface area contributed by atoms with E-state index >= 15 is 0 Å². The van der Waals surface area contributed by atoms with Gasteiger partial charge in [-0.15, -0.1) is 0 Å². The number of aromatic nitrogens is 5. The van der Waals surface area contributed by atoms with Crippen molar-refractivity contribution in [1.82, 2.24) is 30.0 Å². The van der Waals surface area contributed by atoms with Crippen LogP contribution in [0.25, 0.3) is 33.7 Å². The van der Waals surface area contributed by atoms with Crippen molar-refractivity contribution in [3.63, 3.8) is 0 Å². The van der Waals surface area contributed by atoms with Gasteiger partial charge in [0.15, 0.2) is 5.82 Å². The van der Waals surface area contributed by atoms with Crippen molar-refractivity contribution >= 4 is 16.9 Å². The highest BCUT2D eigenvalue weighted by Crippen LogP contribution is 2.33. The minimum absolute atomic E-state index is 0.229. The highest BCUT2D eigenvalue weighted by molar-refractivity contribution is 5.90. The molecule has 158 valence electrons. The molecule has 4 heterocycles. The van der Waals surface area contributed by atoms with Crippen LogP contribution in [0, 0.1) is 5.82 Å². The highest BCUT2D eigenvalue weighted by atomic mass is 19.1. The Morgan fingerprint density at radius 3 is 2.74 bits per heavy atom. The lowest BCUT2D eigenvalue weighted by atomic mass is 10.1. The molecule has 1 aromatic carbocycles. The molecule has 0 unspecified atom stereocenters. The van der Waals surface area contributed by atoms with Crippen molar-refractivity contribution in [2.45, 2.75) is 0 Å². The van der Waals surface area contributed by atoms with Gasteiger partial charge in [-0.1, -0.05) is 6.07 Å². The molecule has 0 bridgehead atoms. The molecular formula is C22H22FN7O. The van der Waals surface area contributed by atoms with E-state index in [1.165, 1.54) is 13.2 Å². The van der Waals surface area contributed by atoms with E-state index in [4.69, 9.17) is 4.74 Å². The number of rotatable bonds is 4. The van der Waals surface area contributed by atoms with E-state index in [1.54, 1.807) is 24.5 Å². The number of anilines is 1. The average Bonchev–Trinajstić information content (AvgIpc) is 3.22. The summed E-state index contributed by atoms with van der Waals surface area (Å²) in [6, 6.07) is 8.57. The summed E-state index contributed by atoms with van der Waals surface area (Å²) in [6.07, 6.45) is 3.40. The number of benzene rings is 1. The topological polar surface area (TPSA) is 83.1 Å². The van der Waals surface area contributed by atoms with Crippen molar-refractivity contribution in [2.75, 3.05) is 45.2 Å². The number of nitrogens with one attached hydrogen (secondary N) is 1. The van der Waals surface area contributed by atoms with E-state index in [0.717, 1.165) is 37.6 Å². The molecule has 0 aliphatic carbocycles. The van der Waals surface area contributed by atoms with Gasteiger partial charge in [-0.2, -0.15) is 5.10 Å². The lowest BCUT2D eigenvalue weighted by Gasteiger charge is -2.33. The van der Waals surface area contributed by atoms with Gasteiger partial charge in [0.25, 0.3) is 0 Å². The fourth-order valence-electron chi connectivity index (χ4n) is 3.80. The first-order valence-electron chi connectivity index (χ1n) is 10.1. The summed E-state index contributed by atoms with van der Waals surface area (Å²) in [7, 11) is 3.62. The quantitative estimate of drug-likeness (QED) is 0.544. The fraction of sp³-hybridized carbons (Fsp3) is 0.273. The number of nitrogens with zero attached hydrogens (tertiary/aromatic N) is 6. The van der Waals surface area contributed by atoms with Crippen LogP contribution in [0.4, 0.5) is 10.2 Å². The summed E-state index contributed by atoms with van der Waals surface area (Å²) in [5.74, 6) is 1.10. The van der Waals surface area contributed by atoms with E-state index in [1.807, 2.05) is 12.1 Å². The Hall–Kier alpha value is -3.59. The molecule has 0 atom stereocenters. The second-order valence-corrected chi connectivity index (χ2v) is 7.54. The van der Waals surface area contributed by atoms with Gasteiger partial charge in [0.05, 0.1) is 18.9 Å². The predicted octanol–water partition coefficient (Wildman–Crippen LogP) is 2.98. The molecule has 1 saturated heterocycles. The summed E-state index contributed by atoms with van der Waals surface area (Å²) in [5.41, 5.74) is 3.08. The zero-order chi connectivity index (χ0) is 21.4. The molecule has 1 aliphatic rings. The molecule has 0 radical (unpaired) electrons. The molecule has 8 nitrogen and oxygen atoms in total. The van der Waals surface area contributed by atoms with E-state index < -0.39 is 5.82 Å². The van der Waals surface area contributed by atoms with Crippen molar-refractivity contribution in [3.8, 4) is 28.4 Å². The largest absolute Gasteiger partial charge is 0.496 e. The maximum absolute atomic E-state index is 14.6. The second-order valence-electron chi connectivity index (χ2n) is 7.54. The van der Waals surface area contributed by atoms with Gasteiger partial charge in [0.1, 0.15) is 34.1 Å². The fourth-order valence-corrected chi connectivity index (χ4v) is 3.80. The first-order valence-corrected chi connectivity index (χ1v) is 10.1.